The molecule has 13 heavy (non-hydrogen) atoms. The second-order valence-corrected chi connectivity index (χ2v) is 3.19. The highest BCUT2D eigenvalue weighted by molar-refractivity contribution is 5.97. The van der Waals surface area contributed by atoms with Gasteiger partial charge in [-0.1, -0.05) is 37.3 Å². The van der Waals surface area contributed by atoms with Gasteiger partial charge in [-0.15, -0.1) is 0 Å². The van der Waals surface area contributed by atoms with Gasteiger partial charge in [-0.05, 0) is 7.05 Å². The van der Waals surface area contributed by atoms with Crippen molar-refractivity contribution in [3.63, 3.8) is 0 Å². The first kappa shape index (κ1) is 9.93. The van der Waals surface area contributed by atoms with Crippen LogP contribution in [0.2, 0.25) is 0 Å². The van der Waals surface area contributed by atoms with Crippen molar-refractivity contribution in [3.8, 4) is 0 Å². The molecule has 0 fully saturated rings. The van der Waals surface area contributed by atoms with Crippen molar-refractivity contribution in [2.45, 2.75) is 6.92 Å². The molecule has 0 aliphatic rings. The van der Waals surface area contributed by atoms with Crippen molar-refractivity contribution in [1.29, 1.82) is 0 Å². The molecule has 0 aliphatic heterocycles. The van der Waals surface area contributed by atoms with Gasteiger partial charge in [-0.25, -0.2) is 0 Å². The van der Waals surface area contributed by atoms with Crippen LogP contribution in [-0.4, -0.2) is 19.4 Å². The Bertz CT molecular complexity index is 269. The second kappa shape index (κ2) is 4.77. The van der Waals surface area contributed by atoms with E-state index in [2.05, 4.69) is 5.32 Å². The molecule has 0 amide bonds. The molecule has 70 valence electrons. The van der Waals surface area contributed by atoms with Gasteiger partial charge in [0.1, 0.15) is 0 Å². The van der Waals surface area contributed by atoms with Crippen LogP contribution in [0, 0.1) is 5.92 Å². The lowest BCUT2D eigenvalue weighted by atomic mass is 10.00. The molecule has 1 aromatic rings. The fraction of sp³-hybridized carbons (Fsp3) is 0.364. The number of carbonyl (C=O) groups excluding carboxylic acids is 1. The third kappa shape index (κ3) is 2.67. The van der Waals surface area contributed by atoms with Crippen molar-refractivity contribution in [2.75, 3.05) is 13.6 Å². The summed E-state index contributed by atoms with van der Waals surface area (Å²) in [5.41, 5.74) is 0.797. The zero-order valence-electron chi connectivity index (χ0n) is 8.08. The van der Waals surface area contributed by atoms with E-state index in [9.17, 15) is 4.79 Å². The maximum Gasteiger partial charge on any atom is 0.166 e. The maximum atomic E-state index is 11.7. The molecule has 0 saturated carbocycles. The van der Waals surface area contributed by atoms with Gasteiger partial charge in [-0.2, -0.15) is 0 Å². The summed E-state index contributed by atoms with van der Waals surface area (Å²) < 4.78 is 0. The van der Waals surface area contributed by atoms with Crippen LogP contribution < -0.4 is 5.32 Å². The number of benzene rings is 1. The molecule has 1 unspecified atom stereocenters. The summed E-state index contributed by atoms with van der Waals surface area (Å²) in [6.07, 6.45) is 0. The molecule has 2 heteroatoms. The fourth-order valence-corrected chi connectivity index (χ4v) is 1.29. The molecular formula is C11H15NO. The maximum absolute atomic E-state index is 11.7. The van der Waals surface area contributed by atoms with E-state index in [1.54, 1.807) is 0 Å². The Hall–Kier alpha value is -1.15. The molecule has 0 heterocycles. The topological polar surface area (TPSA) is 29.1 Å². The summed E-state index contributed by atoms with van der Waals surface area (Å²) in [6.45, 7) is 2.67. The lowest BCUT2D eigenvalue weighted by Crippen LogP contribution is -2.23. The monoisotopic (exact) mass is 177 g/mol. The molecule has 0 spiro atoms. The van der Waals surface area contributed by atoms with E-state index in [4.69, 9.17) is 0 Å². The predicted molar refractivity (Wildman–Crippen MR) is 53.9 cm³/mol. The third-order valence-corrected chi connectivity index (χ3v) is 2.02. The first-order valence-electron chi connectivity index (χ1n) is 4.49. The van der Waals surface area contributed by atoms with E-state index in [1.165, 1.54) is 0 Å². The number of Topliss-reactive ketones (excluding diaryl/α,β-unsaturated/α-hetero) is 1. The van der Waals surface area contributed by atoms with Crippen LogP contribution in [0.5, 0.6) is 0 Å². The van der Waals surface area contributed by atoms with E-state index in [-0.39, 0.29) is 11.7 Å². The number of rotatable bonds is 4. The predicted octanol–water partition coefficient (Wildman–Crippen LogP) is 1.72. The zero-order chi connectivity index (χ0) is 9.68. The van der Waals surface area contributed by atoms with Crippen molar-refractivity contribution in [3.05, 3.63) is 35.9 Å². The number of carbonyl (C=O) groups is 1. The van der Waals surface area contributed by atoms with Gasteiger partial charge in [-0.3, -0.25) is 4.79 Å². The van der Waals surface area contributed by atoms with Crippen molar-refractivity contribution < 1.29 is 4.79 Å². The van der Waals surface area contributed by atoms with Crippen molar-refractivity contribution >= 4 is 5.78 Å². The quantitative estimate of drug-likeness (QED) is 0.709. The molecule has 0 aromatic heterocycles. The van der Waals surface area contributed by atoms with Crippen LogP contribution in [0.25, 0.3) is 0 Å². The van der Waals surface area contributed by atoms with Gasteiger partial charge in [0.15, 0.2) is 5.78 Å². The van der Waals surface area contributed by atoms with Gasteiger partial charge < -0.3 is 5.32 Å². The minimum absolute atomic E-state index is 0.0485. The van der Waals surface area contributed by atoms with E-state index >= 15 is 0 Å². The van der Waals surface area contributed by atoms with Gasteiger partial charge in [0.25, 0.3) is 0 Å². The summed E-state index contributed by atoms with van der Waals surface area (Å²) in [4.78, 5) is 11.7. The van der Waals surface area contributed by atoms with Gasteiger partial charge in [0.05, 0.1) is 0 Å². The van der Waals surface area contributed by atoms with Crippen molar-refractivity contribution in [2.24, 2.45) is 5.92 Å². The molecule has 1 N–H and O–H groups in total. The highest BCUT2D eigenvalue weighted by atomic mass is 16.1. The summed E-state index contributed by atoms with van der Waals surface area (Å²) in [7, 11) is 1.86. The van der Waals surface area contributed by atoms with Crippen LogP contribution in [0.15, 0.2) is 30.3 Å². The van der Waals surface area contributed by atoms with E-state index in [0.717, 1.165) is 12.1 Å². The zero-order valence-corrected chi connectivity index (χ0v) is 8.08. The SMILES string of the molecule is CNCC(C)C(=O)c1ccccc1. The molecule has 0 radical (unpaired) electrons. The Morgan fingerprint density at radius 3 is 2.54 bits per heavy atom. The molecule has 1 aromatic carbocycles. The molecule has 0 aliphatic carbocycles. The summed E-state index contributed by atoms with van der Waals surface area (Å²) in [6, 6.07) is 9.40. The number of hydrogen-bond acceptors (Lipinski definition) is 2. The minimum atomic E-state index is 0.0485. The Kier molecular flexibility index (Phi) is 3.65. The smallest absolute Gasteiger partial charge is 0.166 e. The van der Waals surface area contributed by atoms with Crippen LogP contribution in [0.1, 0.15) is 17.3 Å². The molecule has 2 nitrogen and oxygen atoms in total. The van der Waals surface area contributed by atoms with Gasteiger partial charge in [0, 0.05) is 18.0 Å². The highest BCUT2D eigenvalue weighted by Gasteiger charge is 2.12. The van der Waals surface area contributed by atoms with Gasteiger partial charge >= 0.3 is 0 Å². The van der Waals surface area contributed by atoms with E-state index in [0.29, 0.717) is 0 Å². The lowest BCUT2D eigenvalue weighted by molar-refractivity contribution is 0.0930. The lowest BCUT2D eigenvalue weighted by Gasteiger charge is -2.08. The van der Waals surface area contributed by atoms with E-state index < -0.39 is 0 Å². The largest absolute Gasteiger partial charge is 0.319 e. The van der Waals surface area contributed by atoms with Crippen LogP contribution >= 0.6 is 0 Å². The number of nitrogens with one attached hydrogen (secondary N) is 1. The molecule has 1 rings (SSSR count). The molecular weight excluding hydrogens is 162 g/mol. The number of ketones is 1. The normalized spacial score (nSPS) is 12.5. The summed E-state index contributed by atoms with van der Waals surface area (Å²) in [5.74, 6) is 0.252. The highest BCUT2D eigenvalue weighted by Crippen LogP contribution is 2.07. The fourth-order valence-electron chi connectivity index (χ4n) is 1.29. The molecule has 0 bridgehead atoms. The first-order chi connectivity index (χ1) is 6.25. The molecule has 1 atom stereocenters. The first-order valence-corrected chi connectivity index (χ1v) is 4.49. The Labute approximate surface area is 79.0 Å². The van der Waals surface area contributed by atoms with Crippen molar-refractivity contribution in [1.82, 2.24) is 5.32 Å². The third-order valence-electron chi connectivity index (χ3n) is 2.02. The minimum Gasteiger partial charge on any atom is -0.319 e. The average molecular weight is 177 g/mol. The molecule has 0 saturated heterocycles. The Morgan fingerprint density at radius 2 is 2.00 bits per heavy atom. The average Bonchev–Trinajstić information content (AvgIpc) is 2.18. The van der Waals surface area contributed by atoms with Crippen LogP contribution in [-0.2, 0) is 0 Å². The van der Waals surface area contributed by atoms with Crippen LogP contribution in [0.4, 0.5) is 0 Å². The standard InChI is InChI=1S/C11H15NO/c1-9(8-12-2)11(13)10-6-4-3-5-7-10/h3-7,9,12H,8H2,1-2H3. The summed E-state index contributed by atoms with van der Waals surface area (Å²) >= 11 is 0. The summed E-state index contributed by atoms with van der Waals surface area (Å²) in [5, 5.41) is 3.00. The Balaban J connectivity index is 2.68. The Morgan fingerprint density at radius 1 is 1.38 bits per heavy atom. The van der Waals surface area contributed by atoms with Crippen LogP contribution in [0.3, 0.4) is 0 Å². The van der Waals surface area contributed by atoms with E-state index in [1.807, 2.05) is 44.3 Å². The second-order valence-electron chi connectivity index (χ2n) is 3.19. The number of hydrogen-bond donors (Lipinski definition) is 1. The van der Waals surface area contributed by atoms with Gasteiger partial charge in [0.2, 0.25) is 0 Å².